The summed E-state index contributed by atoms with van der Waals surface area (Å²) in [4.78, 5) is 23.1. The van der Waals surface area contributed by atoms with Crippen molar-refractivity contribution in [2.45, 2.75) is 50.7 Å². The van der Waals surface area contributed by atoms with Crippen molar-refractivity contribution in [2.75, 3.05) is 24.6 Å². The smallest absolute Gasteiger partial charge is 0.252 e. The molecule has 6 heteroatoms. The maximum absolute atomic E-state index is 12.5. The van der Waals surface area contributed by atoms with Gasteiger partial charge in [0.15, 0.2) is 0 Å². The van der Waals surface area contributed by atoms with Gasteiger partial charge in [-0.1, -0.05) is 0 Å². The zero-order chi connectivity index (χ0) is 15.4. The van der Waals surface area contributed by atoms with Crippen molar-refractivity contribution in [3.63, 3.8) is 0 Å². The van der Waals surface area contributed by atoms with Gasteiger partial charge in [-0.15, -0.1) is 0 Å². The van der Waals surface area contributed by atoms with Crippen LogP contribution in [0, 0.1) is 0 Å². The van der Waals surface area contributed by atoms with Crippen LogP contribution in [0.4, 0.5) is 5.82 Å². The molecule has 6 nitrogen and oxygen atoms in total. The second kappa shape index (κ2) is 6.60. The first-order valence-electron chi connectivity index (χ1n) is 8.13. The van der Waals surface area contributed by atoms with Crippen molar-refractivity contribution in [1.29, 1.82) is 0 Å². The Kier molecular flexibility index (Phi) is 4.57. The van der Waals surface area contributed by atoms with Crippen LogP contribution < -0.4 is 10.2 Å². The molecule has 2 saturated heterocycles. The lowest BCUT2D eigenvalue weighted by Gasteiger charge is -2.37. The Morgan fingerprint density at radius 2 is 2.18 bits per heavy atom. The second-order valence-corrected chi connectivity index (χ2v) is 6.33. The molecule has 3 heterocycles. The maximum Gasteiger partial charge on any atom is 0.252 e. The molecule has 0 radical (unpaired) electrons. The molecule has 120 valence electrons. The fourth-order valence-electron chi connectivity index (χ4n) is 3.16. The van der Waals surface area contributed by atoms with Gasteiger partial charge < -0.3 is 15.0 Å². The zero-order valence-electron chi connectivity index (χ0n) is 13.1. The summed E-state index contributed by atoms with van der Waals surface area (Å²) >= 11 is 0. The van der Waals surface area contributed by atoms with Crippen LogP contribution in [0.5, 0.6) is 0 Å². The van der Waals surface area contributed by atoms with Gasteiger partial charge in [0.2, 0.25) is 0 Å². The van der Waals surface area contributed by atoms with Gasteiger partial charge in [-0.05, 0) is 39.0 Å². The number of hydrogen-bond acceptors (Lipinski definition) is 5. The van der Waals surface area contributed by atoms with Crippen LogP contribution in [0.25, 0.3) is 0 Å². The number of amides is 1. The Morgan fingerprint density at radius 1 is 1.36 bits per heavy atom. The summed E-state index contributed by atoms with van der Waals surface area (Å²) in [7, 11) is 0. The quantitative estimate of drug-likeness (QED) is 0.917. The highest BCUT2D eigenvalue weighted by atomic mass is 16.5. The van der Waals surface area contributed by atoms with E-state index in [4.69, 9.17) is 4.74 Å². The number of anilines is 1. The third-order valence-corrected chi connectivity index (χ3v) is 4.65. The number of nitrogens with zero attached hydrogens (tertiary/aromatic N) is 3. The molecule has 22 heavy (non-hydrogen) atoms. The summed E-state index contributed by atoms with van der Waals surface area (Å²) in [5.74, 6) is 0.958. The molecule has 3 rings (SSSR count). The highest BCUT2D eigenvalue weighted by molar-refractivity contribution is 5.85. The van der Waals surface area contributed by atoms with Gasteiger partial charge in [0, 0.05) is 38.1 Å². The lowest BCUT2D eigenvalue weighted by Crippen LogP contribution is -2.53. The Hall–Kier alpha value is -1.69. The summed E-state index contributed by atoms with van der Waals surface area (Å²) in [6.07, 6.45) is 9.98. The van der Waals surface area contributed by atoms with Crippen molar-refractivity contribution in [3.8, 4) is 0 Å². The van der Waals surface area contributed by atoms with Crippen LogP contribution in [0.2, 0.25) is 0 Å². The standard InChI is InChI=1S/C16H24N4O2/c1-16(6-2-3-11-22-16)15(21)19-13-4-9-20(10-5-13)14-12-17-7-8-18-14/h7-8,12-13H,2-6,9-11H2,1H3,(H,19,21)/t16-/m0/s1. The van der Waals surface area contributed by atoms with Gasteiger partial charge in [-0.25, -0.2) is 4.98 Å². The first kappa shape index (κ1) is 15.2. The highest BCUT2D eigenvalue weighted by Gasteiger charge is 2.37. The lowest BCUT2D eigenvalue weighted by molar-refractivity contribution is -0.151. The third kappa shape index (κ3) is 3.38. The maximum atomic E-state index is 12.5. The summed E-state index contributed by atoms with van der Waals surface area (Å²) in [6.45, 7) is 4.38. The minimum atomic E-state index is -0.639. The number of rotatable bonds is 3. The van der Waals surface area contributed by atoms with E-state index >= 15 is 0 Å². The average Bonchev–Trinajstić information content (AvgIpc) is 2.57. The van der Waals surface area contributed by atoms with E-state index in [1.54, 1.807) is 18.6 Å². The molecule has 2 aliphatic rings. The van der Waals surface area contributed by atoms with Gasteiger partial charge in [-0.2, -0.15) is 0 Å². The second-order valence-electron chi connectivity index (χ2n) is 6.33. The zero-order valence-corrected chi connectivity index (χ0v) is 13.1. The van der Waals surface area contributed by atoms with Crippen LogP contribution in [0.1, 0.15) is 39.0 Å². The summed E-state index contributed by atoms with van der Waals surface area (Å²) in [5.41, 5.74) is -0.639. The van der Waals surface area contributed by atoms with E-state index in [2.05, 4.69) is 20.2 Å². The number of carbonyl (C=O) groups is 1. The molecule has 2 aliphatic heterocycles. The van der Waals surface area contributed by atoms with Crippen LogP contribution in [0.15, 0.2) is 18.6 Å². The van der Waals surface area contributed by atoms with Crippen molar-refractivity contribution in [2.24, 2.45) is 0 Å². The number of nitrogens with one attached hydrogen (secondary N) is 1. The Bertz CT molecular complexity index is 494. The fraction of sp³-hybridized carbons (Fsp3) is 0.688. The van der Waals surface area contributed by atoms with E-state index in [1.807, 2.05) is 6.92 Å². The number of aromatic nitrogens is 2. The van der Waals surface area contributed by atoms with Gasteiger partial charge in [0.1, 0.15) is 11.4 Å². The molecule has 0 spiro atoms. The monoisotopic (exact) mass is 304 g/mol. The molecular weight excluding hydrogens is 280 g/mol. The predicted molar refractivity (Wildman–Crippen MR) is 83.6 cm³/mol. The normalized spacial score (nSPS) is 26.7. The molecule has 1 aromatic heterocycles. The van der Waals surface area contributed by atoms with Crippen LogP contribution in [-0.2, 0) is 9.53 Å². The Balaban J connectivity index is 1.50. The van der Waals surface area contributed by atoms with Crippen LogP contribution in [-0.4, -0.2) is 47.2 Å². The number of carbonyl (C=O) groups excluding carboxylic acids is 1. The first-order valence-corrected chi connectivity index (χ1v) is 8.13. The summed E-state index contributed by atoms with van der Waals surface area (Å²) in [5, 5.41) is 3.17. The van der Waals surface area contributed by atoms with Gasteiger partial charge in [0.05, 0.1) is 6.20 Å². The molecule has 1 amide bonds. The summed E-state index contributed by atoms with van der Waals surface area (Å²) < 4.78 is 5.72. The molecule has 1 aromatic rings. The Morgan fingerprint density at radius 3 is 2.82 bits per heavy atom. The van der Waals surface area contributed by atoms with E-state index in [0.29, 0.717) is 6.61 Å². The van der Waals surface area contributed by atoms with E-state index in [-0.39, 0.29) is 11.9 Å². The van der Waals surface area contributed by atoms with Gasteiger partial charge >= 0.3 is 0 Å². The number of ether oxygens (including phenoxy) is 1. The lowest BCUT2D eigenvalue weighted by atomic mass is 9.94. The van der Waals surface area contributed by atoms with Crippen molar-refractivity contribution in [1.82, 2.24) is 15.3 Å². The van der Waals surface area contributed by atoms with Crippen LogP contribution in [0.3, 0.4) is 0 Å². The van der Waals surface area contributed by atoms with Gasteiger partial charge in [-0.3, -0.25) is 9.78 Å². The molecule has 1 N–H and O–H groups in total. The van der Waals surface area contributed by atoms with Gasteiger partial charge in [0.25, 0.3) is 5.91 Å². The highest BCUT2D eigenvalue weighted by Crippen LogP contribution is 2.25. The van der Waals surface area contributed by atoms with Crippen molar-refractivity contribution in [3.05, 3.63) is 18.6 Å². The Labute approximate surface area is 131 Å². The summed E-state index contributed by atoms with van der Waals surface area (Å²) in [6, 6.07) is 0.225. The molecule has 0 saturated carbocycles. The minimum Gasteiger partial charge on any atom is -0.365 e. The topological polar surface area (TPSA) is 67.4 Å². The SMILES string of the molecule is C[C@@]1(C(=O)NC2CCN(c3cnccn3)CC2)CCCCO1. The third-order valence-electron chi connectivity index (χ3n) is 4.65. The molecule has 1 atom stereocenters. The molecule has 2 fully saturated rings. The molecule has 0 aliphatic carbocycles. The van der Waals surface area contributed by atoms with E-state index in [1.165, 1.54) is 0 Å². The fourth-order valence-corrected chi connectivity index (χ4v) is 3.16. The van der Waals surface area contributed by atoms with E-state index in [9.17, 15) is 4.79 Å². The van der Waals surface area contributed by atoms with Crippen LogP contribution >= 0.6 is 0 Å². The predicted octanol–water partition coefficient (Wildman–Crippen LogP) is 1.52. The number of hydrogen-bond donors (Lipinski definition) is 1. The largest absolute Gasteiger partial charge is 0.365 e. The molecule has 0 bridgehead atoms. The molecule has 0 unspecified atom stereocenters. The average molecular weight is 304 g/mol. The van der Waals surface area contributed by atoms with Crippen molar-refractivity contribution < 1.29 is 9.53 Å². The minimum absolute atomic E-state index is 0.0464. The molecule has 0 aromatic carbocycles. The molecular formula is C16H24N4O2. The number of piperidine rings is 1. The van der Waals surface area contributed by atoms with Crippen molar-refractivity contribution >= 4 is 11.7 Å². The first-order chi connectivity index (χ1) is 10.7. The van der Waals surface area contributed by atoms with E-state index in [0.717, 1.165) is 51.0 Å². The van der Waals surface area contributed by atoms with E-state index < -0.39 is 5.60 Å².